The lowest BCUT2D eigenvalue weighted by atomic mass is 9.79. The van der Waals surface area contributed by atoms with Crippen LogP contribution in [0, 0.1) is 5.92 Å². The monoisotopic (exact) mass is 277 g/mol. The average molecular weight is 277 g/mol. The molecule has 3 rings (SSSR count). The Kier molecular flexibility index (Phi) is 3.89. The van der Waals surface area contributed by atoms with Crippen LogP contribution in [-0.2, 0) is 4.74 Å². The highest BCUT2D eigenvalue weighted by Crippen LogP contribution is 2.40. The summed E-state index contributed by atoms with van der Waals surface area (Å²) in [6.07, 6.45) is 7.33. The molecule has 2 aliphatic heterocycles. The molecular weight excluding hydrogens is 258 g/mol. The van der Waals surface area contributed by atoms with Crippen molar-refractivity contribution in [2.45, 2.75) is 31.3 Å². The number of ether oxygens (including phenoxy) is 1. The molecule has 19 heavy (non-hydrogen) atoms. The predicted octanol–water partition coefficient (Wildman–Crippen LogP) is 2.96. The number of carbonyl (C=O) groups is 1. The van der Waals surface area contributed by atoms with Crippen LogP contribution >= 0.6 is 11.8 Å². The topological polar surface area (TPSA) is 39.2 Å². The average Bonchev–Trinajstić information content (AvgIpc) is 2.48. The van der Waals surface area contributed by atoms with E-state index in [4.69, 9.17) is 4.74 Å². The molecule has 102 valence electrons. The molecular formula is C15H19NO2S. The number of hydrogen-bond acceptors (Lipinski definition) is 4. The van der Waals surface area contributed by atoms with E-state index in [0.29, 0.717) is 0 Å². The van der Waals surface area contributed by atoms with Gasteiger partial charge in [0.15, 0.2) is 5.78 Å². The van der Waals surface area contributed by atoms with Crippen LogP contribution in [0.3, 0.4) is 0 Å². The molecule has 0 aliphatic carbocycles. The summed E-state index contributed by atoms with van der Waals surface area (Å²) < 4.78 is 6.04. The van der Waals surface area contributed by atoms with Gasteiger partial charge in [-0.1, -0.05) is 0 Å². The van der Waals surface area contributed by atoms with Gasteiger partial charge in [-0.25, -0.2) is 0 Å². The number of pyridine rings is 1. The molecule has 3 nitrogen and oxygen atoms in total. The zero-order valence-electron chi connectivity index (χ0n) is 11.0. The Balaban J connectivity index is 1.73. The molecule has 3 heterocycles. The number of carbonyl (C=O) groups excluding carboxylic acids is 1. The second kappa shape index (κ2) is 5.63. The molecule has 1 aromatic rings. The van der Waals surface area contributed by atoms with E-state index in [-0.39, 0.29) is 17.3 Å². The molecule has 4 heteroatoms. The van der Waals surface area contributed by atoms with Crippen LogP contribution in [0.25, 0.3) is 0 Å². The summed E-state index contributed by atoms with van der Waals surface area (Å²) in [4.78, 5) is 16.5. The number of nitrogens with zero attached hydrogens (tertiary/aromatic N) is 1. The summed E-state index contributed by atoms with van der Waals surface area (Å²) in [5.41, 5.74) is 0.777. The first kappa shape index (κ1) is 13.1. The second-order valence-corrected chi connectivity index (χ2v) is 6.66. The Bertz CT molecular complexity index is 437. The third-order valence-electron chi connectivity index (χ3n) is 4.23. The third-order valence-corrected chi connectivity index (χ3v) is 5.22. The summed E-state index contributed by atoms with van der Waals surface area (Å²) >= 11 is 2.00. The molecule has 2 saturated heterocycles. The van der Waals surface area contributed by atoms with Gasteiger partial charge in [-0.05, 0) is 49.3 Å². The summed E-state index contributed by atoms with van der Waals surface area (Å²) in [6, 6.07) is 3.64. The zero-order valence-corrected chi connectivity index (χ0v) is 11.8. The molecule has 0 saturated carbocycles. The number of hydrogen-bond donors (Lipinski definition) is 0. The Hall–Kier alpha value is -0.870. The molecule has 0 aromatic carbocycles. The number of rotatable bonds is 2. The quantitative estimate of drug-likeness (QED) is 0.779. The summed E-state index contributed by atoms with van der Waals surface area (Å²) in [5.74, 6) is 2.72. The lowest BCUT2D eigenvalue weighted by Crippen LogP contribution is -2.44. The van der Waals surface area contributed by atoms with E-state index in [1.165, 1.54) is 0 Å². The largest absolute Gasteiger partial charge is 0.375 e. The predicted molar refractivity (Wildman–Crippen MR) is 76.5 cm³/mol. The molecule has 0 N–H and O–H groups in total. The molecule has 1 aromatic heterocycles. The zero-order chi connectivity index (χ0) is 13.1. The lowest BCUT2D eigenvalue weighted by molar-refractivity contribution is -0.0959. The highest BCUT2D eigenvalue weighted by Gasteiger charge is 2.40. The Morgan fingerprint density at radius 1 is 1.32 bits per heavy atom. The van der Waals surface area contributed by atoms with Crippen LogP contribution in [0.1, 0.15) is 36.0 Å². The number of aromatic nitrogens is 1. The first-order valence-corrected chi connectivity index (χ1v) is 8.11. The van der Waals surface area contributed by atoms with Gasteiger partial charge in [-0.15, -0.1) is 0 Å². The van der Waals surface area contributed by atoms with Crippen molar-refractivity contribution < 1.29 is 9.53 Å². The molecule has 1 unspecified atom stereocenters. The van der Waals surface area contributed by atoms with Crippen molar-refractivity contribution >= 4 is 17.5 Å². The standard InChI is InChI=1S/C15H19NO2S/c17-14(12-1-6-16-7-2-12)13-3-8-18-15(11-13)4-9-19-10-5-15/h1-2,6-7,13H,3-5,8-11H2. The van der Waals surface area contributed by atoms with Crippen molar-refractivity contribution in [3.05, 3.63) is 30.1 Å². The number of Topliss-reactive ketones (excluding diaryl/α,β-unsaturated/α-hetero) is 1. The minimum Gasteiger partial charge on any atom is -0.375 e. The first-order chi connectivity index (χ1) is 9.29. The van der Waals surface area contributed by atoms with Crippen molar-refractivity contribution in [3.8, 4) is 0 Å². The third kappa shape index (κ3) is 2.84. The van der Waals surface area contributed by atoms with E-state index in [2.05, 4.69) is 4.98 Å². The van der Waals surface area contributed by atoms with Gasteiger partial charge in [0.1, 0.15) is 0 Å². The Morgan fingerprint density at radius 3 is 2.79 bits per heavy atom. The van der Waals surface area contributed by atoms with E-state index in [0.717, 1.165) is 49.4 Å². The molecule has 0 amide bonds. The van der Waals surface area contributed by atoms with Crippen LogP contribution in [0.15, 0.2) is 24.5 Å². The van der Waals surface area contributed by atoms with Crippen molar-refractivity contribution in [3.63, 3.8) is 0 Å². The number of thioether (sulfide) groups is 1. The van der Waals surface area contributed by atoms with E-state index in [1.54, 1.807) is 12.4 Å². The normalized spacial score (nSPS) is 26.2. The second-order valence-electron chi connectivity index (χ2n) is 5.43. The van der Waals surface area contributed by atoms with E-state index < -0.39 is 0 Å². The number of ketones is 1. The van der Waals surface area contributed by atoms with Gasteiger partial charge in [0, 0.05) is 30.5 Å². The van der Waals surface area contributed by atoms with Gasteiger partial charge in [0.2, 0.25) is 0 Å². The highest BCUT2D eigenvalue weighted by atomic mass is 32.2. The van der Waals surface area contributed by atoms with Gasteiger partial charge in [0.05, 0.1) is 5.60 Å². The summed E-state index contributed by atoms with van der Waals surface area (Å²) in [7, 11) is 0. The minimum absolute atomic E-state index is 0.0170. The summed E-state index contributed by atoms with van der Waals surface area (Å²) in [6.45, 7) is 0.728. The van der Waals surface area contributed by atoms with Crippen LogP contribution in [0.2, 0.25) is 0 Å². The van der Waals surface area contributed by atoms with Gasteiger partial charge in [-0.2, -0.15) is 11.8 Å². The SMILES string of the molecule is O=C(c1ccncc1)C1CCOC2(CCSCC2)C1. The minimum atomic E-state index is -0.0170. The van der Waals surface area contributed by atoms with Crippen molar-refractivity contribution in [2.24, 2.45) is 5.92 Å². The maximum absolute atomic E-state index is 12.5. The highest BCUT2D eigenvalue weighted by molar-refractivity contribution is 7.99. The van der Waals surface area contributed by atoms with Gasteiger partial charge in [-0.3, -0.25) is 9.78 Å². The molecule has 2 aliphatic rings. The maximum Gasteiger partial charge on any atom is 0.166 e. The molecule has 0 radical (unpaired) electrons. The first-order valence-electron chi connectivity index (χ1n) is 6.95. The smallest absolute Gasteiger partial charge is 0.166 e. The van der Waals surface area contributed by atoms with E-state index >= 15 is 0 Å². The lowest BCUT2D eigenvalue weighted by Gasteiger charge is -2.42. The Morgan fingerprint density at radius 2 is 2.05 bits per heavy atom. The fraction of sp³-hybridized carbons (Fsp3) is 0.600. The van der Waals surface area contributed by atoms with Gasteiger partial charge < -0.3 is 4.74 Å². The maximum atomic E-state index is 12.5. The molecule has 1 atom stereocenters. The van der Waals surface area contributed by atoms with Crippen LogP contribution in [-0.4, -0.2) is 34.5 Å². The molecule has 0 bridgehead atoms. The molecule has 1 spiro atoms. The van der Waals surface area contributed by atoms with Crippen molar-refractivity contribution in [2.75, 3.05) is 18.1 Å². The fourth-order valence-electron chi connectivity index (χ4n) is 3.10. The van der Waals surface area contributed by atoms with Crippen molar-refractivity contribution in [1.29, 1.82) is 0 Å². The van der Waals surface area contributed by atoms with Gasteiger partial charge >= 0.3 is 0 Å². The summed E-state index contributed by atoms with van der Waals surface area (Å²) in [5, 5.41) is 0. The van der Waals surface area contributed by atoms with Gasteiger partial charge in [0.25, 0.3) is 0 Å². The van der Waals surface area contributed by atoms with Crippen LogP contribution < -0.4 is 0 Å². The Labute approximate surface area is 118 Å². The van der Waals surface area contributed by atoms with Crippen LogP contribution in [0.4, 0.5) is 0 Å². The van der Waals surface area contributed by atoms with E-state index in [9.17, 15) is 4.79 Å². The van der Waals surface area contributed by atoms with Crippen LogP contribution in [0.5, 0.6) is 0 Å². The van der Waals surface area contributed by atoms with E-state index in [1.807, 2.05) is 23.9 Å². The molecule has 2 fully saturated rings. The van der Waals surface area contributed by atoms with Crippen molar-refractivity contribution in [1.82, 2.24) is 4.98 Å². The fourth-order valence-corrected chi connectivity index (χ4v) is 4.33.